The van der Waals surface area contributed by atoms with Crippen molar-refractivity contribution in [3.05, 3.63) is 31.4 Å². The highest BCUT2D eigenvalue weighted by atomic mass is 16.2. The molecule has 3 rings (SSSR count). The Labute approximate surface area is 123 Å². The lowest BCUT2D eigenvalue weighted by Gasteiger charge is -2.32. The third-order valence-corrected chi connectivity index (χ3v) is 4.02. The molecule has 1 aliphatic heterocycles. The third kappa shape index (κ3) is 3.68. The molecule has 21 heavy (non-hydrogen) atoms. The van der Waals surface area contributed by atoms with Crippen molar-refractivity contribution in [2.45, 2.75) is 32.4 Å². The molecule has 1 amide bonds. The van der Waals surface area contributed by atoms with E-state index in [1.807, 2.05) is 23.6 Å². The lowest BCUT2D eigenvalue weighted by molar-refractivity contribution is -0.132. The van der Waals surface area contributed by atoms with Crippen molar-refractivity contribution >= 4 is 5.91 Å². The highest BCUT2D eigenvalue weighted by molar-refractivity contribution is 5.76. The Hall–Kier alpha value is -2.18. The van der Waals surface area contributed by atoms with Crippen LogP contribution in [-0.4, -0.2) is 48.2 Å². The van der Waals surface area contributed by atoms with Crippen LogP contribution in [0.2, 0.25) is 0 Å². The van der Waals surface area contributed by atoms with Crippen LogP contribution in [0.5, 0.6) is 0 Å². The van der Waals surface area contributed by atoms with Crippen LogP contribution in [-0.2, 0) is 17.9 Å². The first-order valence-electron chi connectivity index (χ1n) is 7.37. The first kappa shape index (κ1) is 13.8. The van der Waals surface area contributed by atoms with E-state index in [-0.39, 0.29) is 5.91 Å². The Bertz CT molecular complexity index is 542. The molecule has 112 valence electrons. The predicted molar refractivity (Wildman–Crippen MR) is 76.2 cm³/mol. The topological polar surface area (TPSA) is 68.8 Å². The number of aryl methyl sites for hydroxylation is 1. The summed E-state index contributed by atoms with van der Waals surface area (Å²) in [5, 5.41) is 4.01. The Morgan fingerprint density at radius 2 is 2.05 bits per heavy atom. The first-order chi connectivity index (χ1) is 10.3. The van der Waals surface area contributed by atoms with Gasteiger partial charge in [-0.15, -0.1) is 0 Å². The highest BCUT2D eigenvalue weighted by Gasteiger charge is 2.22. The zero-order valence-corrected chi connectivity index (χ0v) is 12.0. The van der Waals surface area contributed by atoms with E-state index in [1.165, 1.54) is 6.33 Å². The molecule has 0 spiro atoms. The van der Waals surface area contributed by atoms with Gasteiger partial charge < -0.3 is 9.47 Å². The molecule has 3 heterocycles. The fourth-order valence-electron chi connectivity index (χ4n) is 2.77. The molecule has 0 saturated carbocycles. The summed E-state index contributed by atoms with van der Waals surface area (Å²) >= 11 is 0. The molecular weight excluding hydrogens is 268 g/mol. The number of likely N-dealkylation sites (tertiary alicyclic amines) is 1. The molecule has 0 aromatic carbocycles. The predicted octanol–water partition coefficient (Wildman–Crippen LogP) is 0.803. The summed E-state index contributed by atoms with van der Waals surface area (Å²) in [5.41, 5.74) is 0. The van der Waals surface area contributed by atoms with Crippen molar-refractivity contribution in [1.82, 2.24) is 29.2 Å². The Morgan fingerprint density at radius 1 is 1.19 bits per heavy atom. The highest BCUT2D eigenvalue weighted by Crippen LogP contribution is 2.19. The number of amides is 1. The van der Waals surface area contributed by atoms with Crippen LogP contribution < -0.4 is 0 Å². The van der Waals surface area contributed by atoms with Crippen molar-refractivity contribution in [3.63, 3.8) is 0 Å². The van der Waals surface area contributed by atoms with Crippen LogP contribution in [0.3, 0.4) is 0 Å². The van der Waals surface area contributed by atoms with Gasteiger partial charge in [0.1, 0.15) is 12.7 Å². The molecule has 0 bridgehead atoms. The van der Waals surface area contributed by atoms with Crippen molar-refractivity contribution in [3.8, 4) is 0 Å². The summed E-state index contributed by atoms with van der Waals surface area (Å²) in [7, 11) is 0. The number of carbonyl (C=O) groups excluding carboxylic acids is 1. The van der Waals surface area contributed by atoms with E-state index in [4.69, 9.17) is 0 Å². The van der Waals surface area contributed by atoms with Gasteiger partial charge in [0.15, 0.2) is 0 Å². The number of carbonyl (C=O) groups is 1. The molecule has 0 atom stereocenters. The van der Waals surface area contributed by atoms with Gasteiger partial charge in [-0.05, 0) is 18.8 Å². The van der Waals surface area contributed by atoms with Gasteiger partial charge >= 0.3 is 0 Å². The number of imidazole rings is 1. The third-order valence-electron chi connectivity index (χ3n) is 4.02. The van der Waals surface area contributed by atoms with Crippen molar-refractivity contribution in [2.75, 3.05) is 13.1 Å². The van der Waals surface area contributed by atoms with Gasteiger partial charge in [-0.1, -0.05) is 0 Å². The molecule has 0 unspecified atom stereocenters. The summed E-state index contributed by atoms with van der Waals surface area (Å²) in [4.78, 5) is 22.1. The van der Waals surface area contributed by atoms with E-state index in [9.17, 15) is 4.79 Å². The molecule has 0 N–H and O–H groups in total. The molecule has 1 aliphatic rings. The average molecular weight is 288 g/mol. The van der Waals surface area contributed by atoms with Crippen LogP contribution in [0.25, 0.3) is 0 Å². The van der Waals surface area contributed by atoms with Gasteiger partial charge in [-0.25, -0.2) is 9.97 Å². The fourth-order valence-corrected chi connectivity index (χ4v) is 2.77. The SMILES string of the molecule is O=C(CCn1cncn1)N1CCC(Cn2ccnc2)CC1. The van der Waals surface area contributed by atoms with Crippen molar-refractivity contribution < 1.29 is 4.79 Å². The number of hydrogen-bond acceptors (Lipinski definition) is 4. The van der Waals surface area contributed by atoms with Gasteiger partial charge in [0.25, 0.3) is 0 Å². The smallest absolute Gasteiger partial charge is 0.224 e. The van der Waals surface area contributed by atoms with Crippen LogP contribution in [0, 0.1) is 5.92 Å². The van der Waals surface area contributed by atoms with Crippen LogP contribution in [0.4, 0.5) is 0 Å². The first-order valence-corrected chi connectivity index (χ1v) is 7.37. The van der Waals surface area contributed by atoms with Crippen LogP contribution in [0.1, 0.15) is 19.3 Å². The van der Waals surface area contributed by atoms with E-state index < -0.39 is 0 Å². The van der Waals surface area contributed by atoms with Crippen LogP contribution in [0.15, 0.2) is 31.4 Å². The molecule has 0 radical (unpaired) electrons. The minimum absolute atomic E-state index is 0.214. The second-order valence-corrected chi connectivity index (χ2v) is 5.49. The normalized spacial score (nSPS) is 16.3. The van der Waals surface area contributed by atoms with Crippen LogP contribution >= 0.6 is 0 Å². The number of rotatable bonds is 5. The average Bonchev–Trinajstić information content (AvgIpc) is 3.19. The van der Waals surface area contributed by atoms with Crippen molar-refractivity contribution in [1.29, 1.82) is 0 Å². The van der Waals surface area contributed by atoms with Crippen molar-refractivity contribution in [2.24, 2.45) is 5.92 Å². The fraction of sp³-hybridized carbons (Fsp3) is 0.571. The Morgan fingerprint density at radius 3 is 2.71 bits per heavy atom. The van der Waals surface area contributed by atoms with Gasteiger partial charge in [0.2, 0.25) is 5.91 Å². The zero-order chi connectivity index (χ0) is 14.5. The second-order valence-electron chi connectivity index (χ2n) is 5.49. The molecule has 1 saturated heterocycles. The maximum Gasteiger partial charge on any atom is 0.224 e. The number of nitrogens with zero attached hydrogens (tertiary/aromatic N) is 6. The molecule has 7 nitrogen and oxygen atoms in total. The van der Waals surface area contributed by atoms with Gasteiger partial charge in [-0.2, -0.15) is 5.10 Å². The largest absolute Gasteiger partial charge is 0.343 e. The Kier molecular flexibility index (Phi) is 4.28. The molecule has 1 fully saturated rings. The Balaban J connectivity index is 1.41. The zero-order valence-electron chi connectivity index (χ0n) is 12.0. The summed E-state index contributed by atoms with van der Waals surface area (Å²) in [6.07, 6.45) is 11.4. The standard InChI is InChI=1S/C14H20N6O/c21-14(3-7-20-12-16-10-17-20)19-5-1-13(2-6-19)9-18-8-4-15-11-18/h4,8,10-13H,1-3,5-7,9H2. The van der Waals surface area contributed by atoms with E-state index in [1.54, 1.807) is 11.0 Å². The molecule has 2 aromatic heterocycles. The van der Waals surface area contributed by atoms with E-state index in [0.29, 0.717) is 18.9 Å². The molecule has 2 aromatic rings. The van der Waals surface area contributed by atoms with E-state index in [2.05, 4.69) is 19.6 Å². The number of hydrogen-bond donors (Lipinski definition) is 0. The summed E-state index contributed by atoms with van der Waals surface area (Å²) in [5.74, 6) is 0.852. The van der Waals surface area contributed by atoms with E-state index in [0.717, 1.165) is 32.5 Å². The van der Waals surface area contributed by atoms with Gasteiger partial charge in [0.05, 0.1) is 12.9 Å². The maximum atomic E-state index is 12.2. The summed E-state index contributed by atoms with van der Waals surface area (Å²) < 4.78 is 3.82. The molecule has 0 aliphatic carbocycles. The second kappa shape index (κ2) is 6.51. The quantitative estimate of drug-likeness (QED) is 0.816. The lowest BCUT2D eigenvalue weighted by Crippen LogP contribution is -2.39. The number of piperidine rings is 1. The summed E-state index contributed by atoms with van der Waals surface area (Å²) in [6, 6.07) is 0. The minimum atomic E-state index is 0.214. The van der Waals surface area contributed by atoms with Gasteiger partial charge in [0, 0.05) is 38.4 Å². The molecular formula is C14H20N6O. The summed E-state index contributed by atoms with van der Waals surface area (Å²) in [6.45, 7) is 3.32. The molecule has 7 heteroatoms. The van der Waals surface area contributed by atoms with Gasteiger partial charge in [-0.3, -0.25) is 9.48 Å². The monoisotopic (exact) mass is 288 g/mol. The minimum Gasteiger partial charge on any atom is -0.343 e. The lowest BCUT2D eigenvalue weighted by atomic mass is 9.96. The van der Waals surface area contributed by atoms with E-state index >= 15 is 0 Å². The maximum absolute atomic E-state index is 12.2. The number of aromatic nitrogens is 5.